The van der Waals surface area contributed by atoms with Crippen LogP contribution in [0.15, 0.2) is 85.2 Å². The van der Waals surface area contributed by atoms with Crippen molar-refractivity contribution in [1.82, 2.24) is 19.4 Å². The number of pyridine rings is 3. The Morgan fingerprint density at radius 1 is 0.600 bits per heavy atom. The molecule has 0 N–H and O–H groups in total. The van der Waals surface area contributed by atoms with Crippen LogP contribution in [0.4, 0.5) is 0 Å². The fraction of sp³-hybridized carbons (Fsp3) is 0.0645. The van der Waals surface area contributed by atoms with Crippen molar-refractivity contribution >= 4 is 38.6 Å². The number of imidazole rings is 1. The molecule has 0 fully saturated rings. The molecular formula is C31H18N4. The molecule has 9 rings (SSSR count). The zero-order valence-corrected chi connectivity index (χ0v) is 18.8. The van der Waals surface area contributed by atoms with Crippen LogP contribution in [0.2, 0.25) is 0 Å². The number of hydrogen-bond acceptors (Lipinski definition) is 3. The Morgan fingerprint density at radius 2 is 1.43 bits per heavy atom. The summed E-state index contributed by atoms with van der Waals surface area (Å²) in [6, 6.07) is 26.4. The molecule has 0 bridgehead atoms. The van der Waals surface area contributed by atoms with Crippen molar-refractivity contribution in [2.75, 3.05) is 0 Å². The minimum absolute atomic E-state index is 0.756. The first-order valence-corrected chi connectivity index (χ1v) is 12.1. The van der Waals surface area contributed by atoms with Crippen LogP contribution in [0, 0.1) is 0 Å². The molecule has 0 saturated heterocycles. The van der Waals surface area contributed by atoms with E-state index < -0.39 is 0 Å². The van der Waals surface area contributed by atoms with E-state index in [1.807, 2.05) is 18.3 Å². The van der Waals surface area contributed by atoms with E-state index in [1.54, 1.807) is 6.20 Å². The van der Waals surface area contributed by atoms with Crippen LogP contribution in [0.25, 0.3) is 60.9 Å². The summed E-state index contributed by atoms with van der Waals surface area (Å²) in [6.45, 7) is 0. The molecule has 7 aromatic rings. The van der Waals surface area contributed by atoms with Crippen molar-refractivity contribution in [2.45, 2.75) is 12.8 Å². The van der Waals surface area contributed by atoms with Gasteiger partial charge in [0.1, 0.15) is 11.3 Å². The predicted molar refractivity (Wildman–Crippen MR) is 140 cm³/mol. The number of fused-ring (bicyclic) bond motifs is 16. The Bertz CT molecular complexity index is 2070. The summed E-state index contributed by atoms with van der Waals surface area (Å²) in [7, 11) is 0. The molecule has 0 radical (unpaired) electrons. The van der Waals surface area contributed by atoms with Crippen LogP contribution in [-0.4, -0.2) is 19.4 Å². The van der Waals surface area contributed by atoms with Gasteiger partial charge < -0.3 is 0 Å². The molecule has 4 nitrogen and oxygen atoms in total. The lowest BCUT2D eigenvalue weighted by atomic mass is 9.93. The third-order valence-electron chi connectivity index (χ3n) is 7.96. The van der Waals surface area contributed by atoms with Gasteiger partial charge in [-0.2, -0.15) is 0 Å². The maximum Gasteiger partial charge on any atom is 0.178 e. The highest BCUT2D eigenvalue weighted by molar-refractivity contribution is 6.16. The molecule has 4 aromatic heterocycles. The van der Waals surface area contributed by atoms with Gasteiger partial charge >= 0.3 is 0 Å². The van der Waals surface area contributed by atoms with Gasteiger partial charge in [-0.25, -0.2) is 15.0 Å². The minimum atomic E-state index is 0.756. The molecule has 2 aliphatic rings. The molecule has 0 amide bonds. The van der Waals surface area contributed by atoms with Crippen molar-refractivity contribution in [3.63, 3.8) is 0 Å². The van der Waals surface area contributed by atoms with E-state index in [2.05, 4.69) is 70.0 Å². The minimum Gasteiger partial charge on any atom is -0.274 e. The van der Waals surface area contributed by atoms with Crippen LogP contribution >= 0.6 is 0 Å². The fourth-order valence-electron chi connectivity index (χ4n) is 6.57. The third kappa shape index (κ3) is 2.11. The Kier molecular flexibility index (Phi) is 3.11. The Balaban J connectivity index is 1.42. The maximum atomic E-state index is 4.96. The molecule has 0 spiro atoms. The van der Waals surface area contributed by atoms with Gasteiger partial charge in [-0.1, -0.05) is 42.5 Å². The van der Waals surface area contributed by atoms with Crippen molar-refractivity contribution in [1.29, 1.82) is 0 Å². The third-order valence-corrected chi connectivity index (χ3v) is 7.96. The van der Waals surface area contributed by atoms with Gasteiger partial charge in [0.05, 0.1) is 5.52 Å². The zero-order chi connectivity index (χ0) is 22.7. The van der Waals surface area contributed by atoms with Crippen molar-refractivity contribution in [2.24, 2.45) is 0 Å². The predicted octanol–water partition coefficient (Wildman–Crippen LogP) is 6.73. The molecule has 4 heterocycles. The fourth-order valence-corrected chi connectivity index (χ4v) is 6.57. The van der Waals surface area contributed by atoms with Gasteiger partial charge in [0, 0.05) is 28.6 Å². The van der Waals surface area contributed by atoms with E-state index in [9.17, 15) is 0 Å². The zero-order valence-electron chi connectivity index (χ0n) is 18.8. The molecule has 35 heavy (non-hydrogen) atoms. The lowest BCUT2D eigenvalue weighted by molar-refractivity contribution is 1.22. The second kappa shape index (κ2) is 6.10. The molecule has 0 unspecified atom stereocenters. The van der Waals surface area contributed by atoms with Gasteiger partial charge in [-0.15, -0.1) is 0 Å². The first kappa shape index (κ1) is 17.8. The van der Waals surface area contributed by atoms with Gasteiger partial charge in [0.2, 0.25) is 0 Å². The number of hydrogen-bond donors (Lipinski definition) is 0. The van der Waals surface area contributed by atoms with Crippen molar-refractivity contribution in [3.8, 4) is 22.3 Å². The molecule has 3 aromatic carbocycles. The first-order chi connectivity index (χ1) is 17.4. The largest absolute Gasteiger partial charge is 0.274 e. The maximum absolute atomic E-state index is 4.96. The van der Waals surface area contributed by atoms with Gasteiger partial charge in [0.25, 0.3) is 0 Å². The second-order valence-corrected chi connectivity index (χ2v) is 9.64. The number of benzene rings is 3. The lowest BCUT2D eigenvalue weighted by Gasteiger charge is -2.13. The van der Waals surface area contributed by atoms with E-state index >= 15 is 0 Å². The first-order valence-electron chi connectivity index (χ1n) is 12.1. The SMILES string of the molecule is c1ccc2c(c1)Cc1c-2ccc2c1-c1ccc3c(c1C2)c1cccnc1n1c2cccnc2nc31. The molecule has 0 saturated carbocycles. The molecule has 0 atom stereocenters. The molecule has 0 aliphatic heterocycles. The number of nitrogens with zero attached hydrogens (tertiary/aromatic N) is 4. The molecule has 162 valence electrons. The van der Waals surface area contributed by atoms with Crippen LogP contribution in [0.5, 0.6) is 0 Å². The van der Waals surface area contributed by atoms with E-state index in [0.717, 1.165) is 40.7 Å². The van der Waals surface area contributed by atoms with E-state index in [-0.39, 0.29) is 0 Å². The summed E-state index contributed by atoms with van der Waals surface area (Å²) < 4.78 is 2.17. The van der Waals surface area contributed by atoms with Crippen molar-refractivity contribution in [3.05, 3.63) is 107 Å². The highest BCUT2D eigenvalue weighted by Gasteiger charge is 2.30. The Morgan fingerprint density at radius 3 is 2.43 bits per heavy atom. The monoisotopic (exact) mass is 446 g/mol. The van der Waals surface area contributed by atoms with Crippen LogP contribution in [0.1, 0.15) is 22.3 Å². The van der Waals surface area contributed by atoms with Gasteiger partial charge in [-0.3, -0.25) is 4.40 Å². The second-order valence-electron chi connectivity index (χ2n) is 9.64. The summed E-state index contributed by atoms with van der Waals surface area (Å²) in [5.41, 5.74) is 14.9. The van der Waals surface area contributed by atoms with Gasteiger partial charge in [0.15, 0.2) is 5.65 Å². The number of rotatable bonds is 0. The van der Waals surface area contributed by atoms with E-state index in [0.29, 0.717) is 0 Å². The number of aromatic nitrogens is 4. The highest BCUT2D eigenvalue weighted by Crippen LogP contribution is 2.50. The molecule has 2 aliphatic carbocycles. The van der Waals surface area contributed by atoms with Crippen LogP contribution < -0.4 is 0 Å². The van der Waals surface area contributed by atoms with E-state index in [1.165, 1.54) is 55.3 Å². The topological polar surface area (TPSA) is 43.1 Å². The summed E-state index contributed by atoms with van der Waals surface area (Å²) in [5, 5.41) is 3.60. The average Bonchev–Trinajstić information content (AvgIpc) is 3.59. The standard InChI is InChI=1S/C31H18N4/c1-2-6-19-17(5-1)15-24-20(19)10-9-18-16-25-21(27(18)24)11-12-23-28(25)22-7-3-14-33-30(22)35-26-8-4-13-32-29(26)34-31(23)35/h1-14H,15-16H2. The normalized spacial score (nSPS) is 13.5. The summed E-state index contributed by atoms with van der Waals surface area (Å²) in [4.78, 5) is 14.3. The quantitative estimate of drug-likeness (QED) is 0.243. The Hall–Kier alpha value is -4.57. The van der Waals surface area contributed by atoms with Crippen LogP contribution in [0.3, 0.4) is 0 Å². The van der Waals surface area contributed by atoms with Crippen LogP contribution in [-0.2, 0) is 12.8 Å². The smallest absolute Gasteiger partial charge is 0.178 e. The lowest BCUT2D eigenvalue weighted by Crippen LogP contribution is -1.96. The highest BCUT2D eigenvalue weighted by atomic mass is 15.1. The summed E-state index contributed by atoms with van der Waals surface area (Å²) in [5.74, 6) is 0. The average molecular weight is 447 g/mol. The summed E-state index contributed by atoms with van der Waals surface area (Å²) in [6.07, 6.45) is 5.62. The summed E-state index contributed by atoms with van der Waals surface area (Å²) >= 11 is 0. The molecular weight excluding hydrogens is 428 g/mol. The van der Waals surface area contributed by atoms with E-state index in [4.69, 9.17) is 9.97 Å². The molecule has 4 heteroatoms. The van der Waals surface area contributed by atoms with Gasteiger partial charge in [-0.05, 0) is 87.7 Å². The van der Waals surface area contributed by atoms with Crippen molar-refractivity contribution < 1.29 is 0 Å². The Labute approximate surface area is 200 Å².